The van der Waals surface area contributed by atoms with Crippen molar-refractivity contribution >= 4 is 39.4 Å². The molecule has 4 aromatic rings. The van der Waals surface area contributed by atoms with Crippen molar-refractivity contribution < 1.29 is 23.5 Å². The number of ether oxygens (including phenoxy) is 2. The maximum absolute atomic E-state index is 12.5. The maximum atomic E-state index is 12.5. The van der Waals surface area contributed by atoms with E-state index in [9.17, 15) is 9.59 Å². The summed E-state index contributed by atoms with van der Waals surface area (Å²) in [5.74, 6) is -0.465. The Morgan fingerprint density at radius 2 is 2.00 bits per heavy atom. The Balaban J connectivity index is 1.43. The number of rotatable bonds is 6. The first kappa shape index (κ1) is 19.6. The average molecular weight is 423 g/mol. The van der Waals surface area contributed by atoms with Crippen LogP contribution in [0.15, 0.2) is 58.7 Å². The number of carbonyl (C=O) groups excluding carboxylic acids is 2. The summed E-state index contributed by atoms with van der Waals surface area (Å²) in [4.78, 5) is 33.4. The second-order valence-electron chi connectivity index (χ2n) is 6.28. The summed E-state index contributed by atoms with van der Waals surface area (Å²) >= 11 is 1.27. The van der Waals surface area contributed by atoms with Crippen molar-refractivity contribution in [2.45, 2.75) is 13.0 Å². The van der Waals surface area contributed by atoms with E-state index in [1.165, 1.54) is 24.7 Å². The van der Waals surface area contributed by atoms with E-state index in [0.29, 0.717) is 27.7 Å². The van der Waals surface area contributed by atoms with Crippen LogP contribution in [0.2, 0.25) is 0 Å². The average Bonchev–Trinajstić information content (AvgIpc) is 3.42. The van der Waals surface area contributed by atoms with Gasteiger partial charge in [0.2, 0.25) is 0 Å². The van der Waals surface area contributed by atoms with E-state index >= 15 is 0 Å². The zero-order valence-electron chi connectivity index (χ0n) is 16.1. The Labute approximate surface area is 175 Å². The Bertz CT molecular complexity index is 1220. The van der Waals surface area contributed by atoms with Crippen molar-refractivity contribution in [3.63, 3.8) is 0 Å². The number of hydrogen-bond donors (Lipinski definition) is 1. The number of carbonyl (C=O) groups is 2. The highest BCUT2D eigenvalue weighted by Crippen LogP contribution is 2.32. The van der Waals surface area contributed by atoms with E-state index in [1.807, 2.05) is 29.6 Å². The summed E-state index contributed by atoms with van der Waals surface area (Å²) in [6.07, 6.45) is 0.220. The quantitative estimate of drug-likeness (QED) is 0.465. The van der Waals surface area contributed by atoms with Gasteiger partial charge in [0, 0.05) is 10.9 Å². The van der Waals surface area contributed by atoms with Crippen LogP contribution in [0.1, 0.15) is 17.3 Å². The van der Waals surface area contributed by atoms with Gasteiger partial charge in [0.1, 0.15) is 11.3 Å². The first-order valence-electron chi connectivity index (χ1n) is 9.00. The number of esters is 1. The number of methoxy groups -OCH3 is 1. The van der Waals surface area contributed by atoms with Crippen molar-refractivity contribution in [2.24, 2.45) is 0 Å². The number of thiazole rings is 1. The zero-order valence-corrected chi connectivity index (χ0v) is 16.9. The Morgan fingerprint density at radius 1 is 1.17 bits per heavy atom. The van der Waals surface area contributed by atoms with Crippen LogP contribution in [0.3, 0.4) is 0 Å². The van der Waals surface area contributed by atoms with Crippen LogP contribution in [-0.2, 0) is 9.53 Å². The molecular formula is C21H17N3O5S. The van der Waals surface area contributed by atoms with Crippen LogP contribution in [-0.4, -0.2) is 35.1 Å². The standard InChI is InChI=1S/C21H17N3O5S/c1-12(29-20(26)14-7-5-9-17-18(14)22-11-28-17)19(25)24-21-23-15(10-30-21)13-6-3-4-8-16(13)27-2/h3-12H,1-2H3,(H,23,24,25). The molecule has 0 aliphatic carbocycles. The van der Waals surface area contributed by atoms with Crippen molar-refractivity contribution in [3.8, 4) is 17.0 Å². The molecule has 1 atom stereocenters. The SMILES string of the molecule is COc1ccccc1-c1csc(NC(=O)C(C)OC(=O)c2cccc3ocnc23)n1. The molecule has 2 aromatic carbocycles. The minimum absolute atomic E-state index is 0.230. The second-order valence-corrected chi connectivity index (χ2v) is 7.14. The summed E-state index contributed by atoms with van der Waals surface area (Å²) in [5.41, 5.74) is 2.57. The van der Waals surface area contributed by atoms with Gasteiger partial charge >= 0.3 is 5.97 Å². The number of aromatic nitrogens is 2. The third-order valence-electron chi connectivity index (χ3n) is 4.35. The lowest BCUT2D eigenvalue weighted by Gasteiger charge is -2.12. The minimum Gasteiger partial charge on any atom is -0.496 e. The van der Waals surface area contributed by atoms with E-state index in [-0.39, 0.29) is 5.56 Å². The normalized spacial score (nSPS) is 11.8. The molecule has 152 valence electrons. The predicted octanol–water partition coefficient (Wildman–Crippen LogP) is 4.14. The van der Waals surface area contributed by atoms with E-state index in [4.69, 9.17) is 13.9 Å². The van der Waals surface area contributed by atoms with Crippen molar-refractivity contribution in [1.29, 1.82) is 0 Å². The highest BCUT2D eigenvalue weighted by Gasteiger charge is 2.22. The number of para-hydroxylation sites is 2. The molecule has 1 N–H and O–H groups in total. The molecule has 0 spiro atoms. The Hall–Kier alpha value is -3.72. The van der Waals surface area contributed by atoms with Gasteiger partial charge in [-0.2, -0.15) is 0 Å². The van der Waals surface area contributed by atoms with Gasteiger partial charge in [-0.15, -0.1) is 11.3 Å². The molecule has 0 fully saturated rings. The summed E-state index contributed by atoms with van der Waals surface area (Å²) in [5, 5.41) is 4.88. The number of hydrogen-bond acceptors (Lipinski definition) is 8. The van der Waals surface area contributed by atoms with Crippen molar-refractivity contribution in [2.75, 3.05) is 12.4 Å². The molecule has 1 unspecified atom stereocenters. The summed E-state index contributed by atoms with van der Waals surface area (Å²) in [6, 6.07) is 12.4. The Morgan fingerprint density at radius 3 is 2.83 bits per heavy atom. The minimum atomic E-state index is -1.03. The van der Waals surface area contributed by atoms with Crippen LogP contribution in [0, 0.1) is 0 Å². The van der Waals surface area contributed by atoms with Crippen LogP contribution >= 0.6 is 11.3 Å². The van der Waals surface area contributed by atoms with Crippen LogP contribution in [0.4, 0.5) is 5.13 Å². The Kier molecular flexibility index (Phi) is 5.44. The molecule has 30 heavy (non-hydrogen) atoms. The van der Waals surface area contributed by atoms with E-state index < -0.39 is 18.0 Å². The number of oxazole rings is 1. The number of amides is 1. The molecule has 0 saturated heterocycles. The molecule has 0 aliphatic heterocycles. The molecule has 2 aromatic heterocycles. The largest absolute Gasteiger partial charge is 0.496 e. The van der Waals surface area contributed by atoms with Gasteiger partial charge in [0.05, 0.1) is 18.4 Å². The molecular weight excluding hydrogens is 406 g/mol. The van der Waals surface area contributed by atoms with Gasteiger partial charge in [0.15, 0.2) is 23.2 Å². The highest BCUT2D eigenvalue weighted by molar-refractivity contribution is 7.14. The monoisotopic (exact) mass is 423 g/mol. The molecule has 2 heterocycles. The fraction of sp³-hybridized carbons (Fsp3) is 0.143. The number of nitrogens with zero attached hydrogens (tertiary/aromatic N) is 2. The maximum Gasteiger partial charge on any atom is 0.341 e. The molecule has 0 radical (unpaired) electrons. The lowest BCUT2D eigenvalue weighted by Crippen LogP contribution is -2.30. The van der Waals surface area contributed by atoms with E-state index in [1.54, 1.807) is 25.3 Å². The van der Waals surface area contributed by atoms with Gasteiger partial charge in [0.25, 0.3) is 5.91 Å². The molecule has 0 saturated carbocycles. The van der Waals surface area contributed by atoms with Crippen molar-refractivity contribution in [1.82, 2.24) is 9.97 Å². The summed E-state index contributed by atoms with van der Waals surface area (Å²) in [7, 11) is 1.59. The number of benzene rings is 2. The van der Waals surface area contributed by atoms with Gasteiger partial charge in [-0.05, 0) is 31.2 Å². The number of anilines is 1. The van der Waals surface area contributed by atoms with Crippen molar-refractivity contribution in [3.05, 3.63) is 59.8 Å². The molecule has 1 amide bonds. The molecule has 0 aliphatic rings. The van der Waals surface area contributed by atoms with Crippen LogP contribution in [0.5, 0.6) is 5.75 Å². The second kappa shape index (κ2) is 8.34. The lowest BCUT2D eigenvalue weighted by atomic mass is 10.1. The third kappa shape index (κ3) is 3.87. The van der Waals surface area contributed by atoms with Gasteiger partial charge in [-0.3, -0.25) is 10.1 Å². The first-order valence-corrected chi connectivity index (χ1v) is 9.87. The summed E-state index contributed by atoms with van der Waals surface area (Å²) in [6.45, 7) is 1.49. The molecule has 8 nitrogen and oxygen atoms in total. The van der Waals surface area contributed by atoms with E-state index in [2.05, 4.69) is 15.3 Å². The zero-order chi connectivity index (χ0) is 21.1. The first-order chi connectivity index (χ1) is 14.6. The van der Waals surface area contributed by atoms with Gasteiger partial charge < -0.3 is 13.9 Å². The van der Waals surface area contributed by atoms with Crippen LogP contribution < -0.4 is 10.1 Å². The van der Waals surface area contributed by atoms with Crippen LogP contribution in [0.25, 0.3) is 22.4 Å². The third-order valence-corrected chi connectivity index (χ3v) is 5.11. The van der Waals surface area contributed by atoms with E-state index in [0.717, 1.165) is 5.56 Å². The molecule has 9 heteroatoms. The molecule has 0 bridgehead atoms. The fourth-order valence-electron chi connectivity index (χ4n) is 2.85. The van der Waals surface area contributed by atoms with Gasteiger partial charge in [-0.25, -0.2) is 14.8 Å². The molecule has 4 rings (SSSR count). The predicted molar refractivity (Wildman–Crippen MR) is 112 cm³/mol. The summed E-state index contributed by atoms with van der Waals surface area (Å²) < 4.78 is 15.8. The smallest absolute Gasteiger partial charge is 0.341 e. The number of nitrogens with one attached hydrogen (secondary N) is 1. The number of fused-ring (bicyclic) bond motifs is 1. The van der Waals surface area contributed by atoms with Gasteiger partial charge in [-0.1, -0.05) is 18.2 Å². The fourth-order valence-corrected chi connectivity index (χ4v) is 3.56. The lowest BCUT2D eigenvalue weighted by molar-refractivity contribution is -0.123. The topological polar surface area (TPSA) is 104 Å². The highest BCUT2D eigenvalue weighted by atomic mass is 32.1.